The fourth-order valence-electron chi connectivity index (χ4n) is 1.45. The predicted molar refractivity (Wildman–Crippen MR) is 73.9 cm³/mol. The Morgan fingerprint density at radius 2 is 1.84 bits per heavy atom. The van der Waals surface area contributed by atoms with Crippen LogP contribution in [-0.2, 0) is 0 Å². The fraction of sp³-hybridized carbons (Fsp3) is 0.143. The molecule has 5 heteroatoms. The van der Waals surface area contributed by atoms with Crippen molar-refractivity contribution in [3.8, 4) is 5.75 Å². The molecule has 0 saturated heterocycles. The molecule has 0 saturated carbocycles. The van der Waals surface area contributed by atoms with Crippen molar-refractivity contribution in [2.75, 3.05) is 12.4 Å². The summed E-state index contributed by atoms with van der Waals surface area (Å²) in [7, 11) is 0. The first-order valence-corrected chi connectivity index (χ1v) is 6.73. The highest BCUT2D eigenvalue weighted by atomic mass is 32.2. The minimum Gasteiger partial charge on any atom is -0.493 e. The van der Waals surface area contributed by atoms with E-state index in [1.165, 1.54) is 12.1 Å². The Morgan fingerprint density at radius 1 is 1.16 bits per heavy atom. The van der Waals surface area contributed by atoms with Crippen LogP contribution in [0.25, 0.3) is 0 Å². The zero-order valence-corrected chi connectivity index (χ0v) is 11.0. The van der Waals surface area contributed by atoms with Crippen molar-refractivity contribution >= 4 is 17.7 Å². The third-order valence-electron chi connectivity index (χ3n) is 2.37. The highest BCUT2D eigenvalue weighted by Gasteiger charge is 2.02. The summed E-state index contributed by atoms with van der Waals surface area (Å²) >= 11 is 1.69. The van der Waals surface area contributed by atoms with Gasteiger partial charge in [0.25, 0.3) is 0 Å². The molecule has 0 atom stereocenters. The monoisotopic (exact) mass is 275 g/mol. The second kappa shape index (κ2) is 6.80. The molecule has 2 aromatic rings. The second-order valence-corrected chi connectivity index (χ2v) is 4.88. The standard InChI is InChI=1S/C14H13NO3S/c16-14(17)11-1-3-12(4-2-11)18-9-10-19-13-5-7-15-8-6-13/h1-8H,9-10H2,(H,16,17). The van der Waals surface area contributed by atoms with Crippen molar-refractivity contribution < 1.29 is 14.6 Å². The van der Waals surface area contributed by atoms with Gasteiger partial charge >= 0.3 is 5.97 Å². The molecule has 0 aliphatic carbocycles. The van der Waals surface area contributed by atoms with Gasteiger partial charge in [-0.25, -0.2) is 4.79 Å². The first-order valence-electron chi connectivity index (χ1n) is 5.75. The van der Waals surface area contributed by atoms with Crippen molar-refractivity contribution in [2.24, 2.45) is 0 Å². The number of aromatic carboxylic acids is 1. The average molecular weight is 275 g/mol. The van der Waals surface area contributed by atoms with Gasteiger partial charge in [0, 0.05) is 23.0 Å². The van der Waals surface area contributed by atoms with Crippen LogP contribution >= 0.6 is 11.8 Å². The number of carbonyl (C=O) groups is 1. The maximum Gasteiger partial charge on any atom is 0.335 e. The summed E-state index contributed by atoms with van der Waals surface area (Å²) in [5, 5.41) is 8.77. The lowest BCUT2D eigenvalue weighted by molar-refractivity contribution is 0.0697. The zero-order valence-electron chi connectivity index (χ0n) is 10.2. The number of rotatable bonds is 6. The number of nitrogens with zero attached hydrogens (tertiary/aromatic N) is 1. The van der Waals surface area contributed by atoms with E-state index >= 15 is 0 Å². The normalized spacial score (nSPS) is 10.1. The molecule has 0 fully saturated rings. The van der Waals surface area contributed by atoms with Crippen LogP contribution in [0.5, 0.6) is 5.75 Å². The second-order valence-electron chi connectivity index (χ2n) is 3.71. The number of thioether (sulfide) groups is 1. The number of carboxylic acid groups (broad SMARTS) is 1. The third kappa shape index (κ3) is 4.30. The van der Waals surface area contributed by atoms with E-state index in [1.54, 1.807) is 36.3 Å². The first kappa shape index (κ1) is 13.4. The zero-order chi connectivity index (χ0) is 13.5. The van der Waals surface area contributed by atoms with E-state index in [0.29, 0.717) is 12.4 Å². The molecule has 0 aliphatic heterocycles. The molecule has 0 amide bonds. The number of hydrogen-bond acceptors (Lipinski definition) is 4. The Bertz CT molecular complexity index is 528. The van der Waals surface area contributed by atoms with Crippen LogP contribution in [0.1, 0.15) is 10.4 Å². The van der Waals surface area contributed by atoms with Gasteiger partial charge in [-0.05, 0) is 36.4 Å². The lowest BCUT2D eigenvalue weighted by Crippen LogP contribution is -2.01. The van der Waals surface area contributed by atoms with Gasteiger partial charge in [-0.1, -0.05) is 0 Å². The Kier molecular flexibility index (Phi) is 4.80. The molecular formula is C14H13NO3S. The van der Waals surface area contributed by atoms with Gasteiger partial charge in [0.1, 0.15) is 5.75 Å². The molecule has 1 aromatic carbocycles. The number of pyridine rings is 1. The van der Waals surface area contributed by atoms with Gasteiger partial charge in [0.15, 0.2) is 0 Å². The lowest BCUT2D eigenvalue weighted by atomic mass is 10.2. The van der Waals surface area contributed by atoms with E-state index in [9.17, 15) is 4.79 Å². The Labute approximate surface area is 115 Å². The summed E-state index contributed by atoms with van der Waals surface area (Å²) in [6, 6.07) is 10.3. The molecule has 2 rings (SSSR count). The maximum absolute atomic E-state index is 10.7. The van der Waals surface area contributed by atoms with Crippen molar-refractivity contribution in [3.05, 3.63) is 54.4 Å². The van der Waals surface area contributed by atoms with E-state index in [0.717, 1.165) is 10.6 Å². The molecule has 0 aliphatic rings. The Hall–Kier alpha value is -2.01. The maximum atomic E-state index is 10.7. The molecule has 98 valence electrons. The molecule has 0 radical (unpaired) electrons. The van der Waals surface area contributed by atoms with E-state index < -0.39 is 5.97 Å². The van der Waals surface area contributed by atoms with Gasteiger partial charge < -0.3 is 9.84 Å². The van der Waals surface area contributed by atoms with Crippen LogP contribution < -0.4 is 4.74 Å². The Balaban J connectivity index is 1.75. The lowest BCUT2D eigenvalue weighted by Gasteiger charge is -2.06. The van der Waals surface area contributed by atoms with Crippen molar-refractivity contribution in [1.29, 1.82) is 0 Å². The molecule has 1 aromatic heterocycles. The summed E-state index contributed by atoms with van der Waals surface area (Å²) in [5.41, 5.74) is 0.263. The van der Waals surface area contributed by atoms with E-state index in [2.05, 4.69) is 4.98 Å². The Morgan fingerprint density at radius 3 is 2.47 bits per heavy atom. The summed E-state index contributed by atoms with van der Waals surface area (Å²) in [6.07, 6.45) is 3.52. The van der Waals surface area contributed by atoms with Gasteiger partial charge in [-0.3, -0.25) is 4.98 Å². The minimum absolute atomic E-state index is 0.263. The highest BCUT2D eigenvalue weighted by Crippen LogP contribution is 2.17. The largest absolute Gasteiger partial charge is 0.493 e. The van der Waals surface area contributed by atoms with Gasteiger partial charge in [0.2, 0.25) is 0 Å². The first-order chi connectivity index (χ1) is 9.25. The topological polar surface area (TPSA) is 59.4 Å². The van der Waals surface area contributed by atoms with Gasteiger partial charge in [0.05, 0.1) is 12.2 Å². The molecule has 1 heterocycles. The molecule has 4 nitrogen and oxygen atoms in total. The van der Waals surface area contributed by atoms with E-state index in [-0.39, 0.29) is 5.56 Å². The molecule has 0 unspecified atom stereocenters. The van der Waals surface area contributed by atoms with Crippen LogP contribution in [-0.4, -0.2) is 28.4 Å². The number of aromatic nitrogens is 1. The average Bonchev–Trinajstić information content (AvgIpc) is 2.45. The number of hydrogen-bond donors (Lipinski definition) is 1. The SMILES string of the molecule is O=C(O)c1ccc(OCCSc2ccncc2)cc1. The summed E-state index contributed by atoms with van der Waals surface area (Å²) in [5.74, 6) is 0.574. The smallest absolute Gasteiger partial charge is 0.335 e. The van der Waals surface area contributed by atoms with Crippen LogP contribution in [0.2, 0.25) is 0 Å². The van der Waals surface area contributed by atoms with Crippen molar-refractivity contribution in [2.45, 2.75) is 4.90 Å². The summed E-state index contributed by atoms with van der Waals surface area (Å²) in [4.78, 5) is 15.8. The van der Waals surface area contributed by atoms with Crippen molar-refractivity contribution in [1.82, 2.24) is 4.98 Å². The van der Waals surface area contributed by atoms with E-state index in [4.69, 9.17) is 9.84 Å². The quantitative estimate of drug-likeness (QED) is 0.648. The molecular weight excluding hydrogens is 262 g/mol. The highest BCUT2D eigenvalue weighted by molar-refractivity contribution is 7.99. The number of benzene rings is 1. The molecule has 1 N–H and O–H groups in total. The van der Waals surface area contributed by atoms with Crippen LogP contribution in [0.3, 0.4) is 0 Å². The van der Waals surface area contributed by atoms with Gasteiger partial charge in [-0.2, -0.15) is 0 Å². The van der Waals surface area contributed by atoms with Gasteiger partial charge in [-0.15, -0.1) is 11.8 Å². The molecule has 0 spiro atoms. The predicted octanol–water partition coefficient (Wildman–Crippen LogP) is 2.95. The summed E-state index contributed by atoms with van der Waals surface area (Å²) < 4.78 is 5.53. The van der Waals surface area contributed by atoms with Crippen LogP contribution in [0, 0.1) is 0 Å². The van der Waals surface area contributed by atoms with Crippen LogP contribution in [0.15, 0.2) is 53.7 Å². The fourth-order valence-corrected chi connectivity index (χ4v) is 2.16. The molecule has 19 heavy (non-hydrogen) atoms. The third-order valence-corrected chi connectivity index (χ3v) is 3.35. The number of ether oxygens (including phenoxy) is 1. The van der Waals surface area contributed by atoms with Crippen molar-refractivity contribution in [3.63, 3.8) is 0 Å². The molecule has 0 bridgehead atoms. The summed E-state index contributed by atoms with van der Waals surface area (Å²) in [6.45, 7) is 0.569. The van der Waals surface area contributed by atoms with Crippen LogP contribution in [0.4, 0.5) is 0 Å². The minimum atomic E-state index is -0.931. The van der Waals surface area contributed by atoms with E-state index in [1.807, 2.05) is 12.1 Å². The number of carboxylic acids is 1.